The first-order chi connectivity index (χ1) is 9.63. The van der Waals surface area contributed by atoms with Crippen molar-refractivity contribution < 1.29 is 4.74 Å². The van der Waals surface area contributed by atoms with Crippen LogP contribution in [0.25, 0.3) is 0 Å². The number of hydrogen-bond donors (Lipinski definition) is 1. The number of thiophene rings is 1. The molecule has 2 rings (SSSR count). The number of aryl methyl sites for hydroxylation is 1. The Hall–Kier alpha value is -1.17. The number of nitrogens with zero attached hydrogens (tertiary/aromatic N) is 2. The summed E-state index contributed by atoms with van der Waals surface area (Å²) in [5.41, 5.74) is 4.97. The molecule has 4 nitrogen and oxygen atoms in total. The van der Waals surface area contributed by atoms with Crippen molar-refractivity contribution in [2.45, 2.75) is 39.9 Å². The highest BCUT2D eigenvalue weighted by Crippen LogP contribution is 2.18. The standard InChI is InChI=1S/C15H23N3OS/c1-11(14-5-8-20-10-14)16-9-15-12(2)17-18(13(15)3)6-7-19-4/h5,8,10-11,16H,6-7,9H2,1-4H3. The van der Waals surface area contributed by atoms with Gasteiger partial charge in [0, 0.05) is 31.0 Å². The van der Waals surface area contributed by atoms with Gasteiger partial charge in [-0.2, -0.15) is 16.4 Å². The van der Waals surface area contributed by atoms with Gasteiger partial charge in [-0.15, -0.1) is 0 Å². The number of methoxy groups -OCH3 is 1. The molecule has 0 saturated heterocycles. The molecule has 110 valence electrons. The number of aromatic nitrogens is 2. The van der Waals surface area contributed by atoms with E-state index >= 15 is 0 Å². The van der Waals surface area contributed by atoms with Crippen LogP contribution in [-0.4, -0.2) is 23.5 Å². The summed E-state index contributed by atoms with van der Waals surface area (Å²) in [4.78, 5) is 0. The normalized spacial score (nSPS) is 12.8. The predicted octanol–water partition coefficient (Wildman–Crippen LogP) is 3.06. The monoisotopic (exact) mass is 293 g/mol. The average molecular weight is 293 g/mol. The minimum Gasteiger partial charge on any atom is -0.383 e. The minimum absolute atomic E-state index is 0.363. The summed E-state index contributed by atoms with van der Waals surface area (Å²) in [5, 5.41) is 12.5. The molecule has 0 fully saturated rings. The van der Waals surface area contributed by atoms with E-state index in [0.29, 0.717) is 12.6 Å². The third-order valence-corrected chi connectivity index (χ3v) is 4.37. The van der Waals surface area contributed by atoms with Gasteiger partial charge in [0.25, 0.3) is 0 Å². The number of nitrogens with one attached hydrogen (secondary N) is 1. The van der Waals surface area contributed by atoms with Crippen LogP contribution in [-0.2, 0) is 17.8 Å². The highest BCUT2D eigenvalue weighted by Gasteiger charge is 2.13. The molecule has 0 amide bonds. The van der Waals surface area contributed by atoms with Crippen molar-refractivity contribution in [3.8, 4) is 0 Å². The summed E-state index contributed by atoms with van der Waals surface area (Å²) in [6.07, 6.45) is 0. The van der Waals surface area contributed by atoms with Crippen molar-refractivity contribution in [3.05, 3.63) is 39.3 Å². The van der Waals surface area contributed by atoms with Gasteiger partial charge in [-0.05, 0) is 43.2 Å². The molecule has 0 radical (unpaired) electrons. The molecule has 5 heteroatoms. The SMILES string of the molecule is COCCn1nc(C)c(CNC(C)c2ccsc2)c1C. The van der Waals surface area contributed by atoms with Crippen LogP contribution in [0.3, 0.4) is 0 Å². The maximum atomic E-state index is 5.12. The van der Waals surface area contributed by atoms with Gasteiger partial charge in [0.2, 0.25) is 0 Å². The van der Waals surface area contributed by atoms with Crippen molar-refractivity contribution in [3.63, 3.8) is 0 Å². The average Bonchev–Trinajstić information content (AvgIpc) is 3.04. The lowest BCUT2D eigenvalue weighted by Gasteiger charge is -2.13. The van der Waals surface area contributed by atoms with E-state index in [0.717, 1.165) is 18.8 Å². The largest absolute Gasteiger partial charge is 0.383 e. The van der Waals surface area contributed by atoms with E-state index in [2.05, 4.69) is 48.0 Å². The quantitative estimate of drug-likeness (QED) is 0.853. The molecule has 0 spiro atoms. The second-order valence-corrected chi connectivity index (χ2v) is 5.80. The van der Waals surface area contributed by atoms with Crippen molar-refractivity contribution >= 4 is 11.3 Å². The van der Waals surface area contributed by atoms with Crippen LogP contribution >= 0.6 is 11.3 Å². The van der Waals surface area contributed by atoms with Crippen LogP contribution in [0.5, 0.6) is 0 Å². The smallest absolute Gasteiger partial charge is 0.0658 e. The van der Waals surface area contributed by atoms with Gasteiger partial charge in [-0.1, -0.05) is 0 Å². The van der Waals surface area contributed by atoms with Crippen LogP contribution < -0.4 is 5.32 Å². The lowest BCUT2D eigenvalue weighted by molar-refractivity contribution is 0.182. The van der Waals surface area contributed by atoms with Crippen molar-refractivity contribution in [1.29, 1.82) is 0 Å². The molecule has 20 heavy (non-hydrogen) atoms. The summed E-state index contributed by atoms with van der Waals surface area (Å²) in [5.74, 6) is 0. The fourth-order valence-corrected chi connectivity index (χ4v) is 3.03. The van der Waals surface area contributed by atoms with E-state index in [4.69, 9.17) is 4.74 Å². The summed E-state index contributed by atoms with van der Waals surface area (Å²) in [6, 6.07) is 2.53. The van der Waals surface area contributed by atoms with Crippen LogP contribution in [0.15, 0.2) is 16.8 Å². The first-order valence-corrected chi connectivity index (χ1v) is 7.85. The van der Waals surface area contributed by atoms with Gasteiger partial charge in [-0.3, -0.25) is 4.68 Å². The summed E-state index contributed by atoms with van der Waals surface area (Å²) in [6.45, 7) is 8.75. The fourth-order valence-electron chi connectivity index (χ4n) is 2.28. The Labute approximate surface area is 124 Å². The first-order valence-electron chi connectivity index (χ1n) is 6.90. The Balaban J connectivity index is 2.00. The lowest BCUT2D eigenvalue weighted by atomic mass is 10.1. The molecule has 2 aromatic heterocycles. The summed E-state index contributed by atoms with van der Waals surface area (Å²) in [7, 11) is 1.72. The molecule has 1 unspecified atom stereocenters. The highest BCUT2D eigenvalue weighted by atomic mass is 32.1. The molecule has 0 aliphatic rings. The van der Waals surface area contributed by atoms with E-state index < -0.39 is 0 Å². The topological polar surface area (TPSA) is 39.1 Å². The first kappa shape index (κ1) is 15.2. The van der Waals surface area contributed by atoms with E-state index in [1.807, 2.05) is 4.68 Å². The van der Waals surface area contributed by atoms with Gasteiger partial charge in [-0.25, -0.2) is 0 Å². The van der Waals surface area contributed by atoms with Crippen molar-refractivity contribution in [2.75, 3.05) is 13.7 Å². The van der Waals surface area contributed by atoms with Crippen LogP contribution in [0.4, 0.5) is 0 Å². The van der Waals surface area contributed by atoms with Crippen molar-refractivity contribution in [1.82, 2.24) is 15.1 Å². The van der Waals surface area contributed by atoms with Crippen LogP contribution in [0.1, 0.15) is 35.5 Å². The Bertz CT molecular complexity index is 534. The zero-order chi connectivity index (χ0) is 14.5. The molecular weight excluding hydrogens is 270 g/mol. The molecule has 1 N–H and O–H groups in total. The third-order valence-electron chi connectivity index (χ3n) is 3.67. The molecule has 2 heterocycles. The molecule has 0 bridgehead atoms. The minimum atomic E-state index is 0.363. The second-order valence-electron chi connectivity index (χ2n) is 5.02. The second kappa shape index (κ2) is 7.02. The van der Waals surface area contributed by atoms with Crippen LogP contribution in [0.2, 0.25) is 0 Å². The molecule has 1 atom stereocenters. The summed E-state index contributed by atoms with van der Waals surface area (Å²) < 4.78 is 7.15. The third kappa shape index (κ3) is 3.48. The molecule has 0 aliphatic heterocycles. The van der Waals surface area contributed by atoms with Gasteiger partial charge in [0.1, 0.15) is 0 Å². The van der Waals surface area contributed by atoms with E-state index in [-0.39, 0.29) is 0 Å². The van der Waals surface area contributed by atoms with E-state index in [1.54, 1.807) is 18.4 Å². The number of hydrogen-bond acceptors (Lipinski definition) is 4. The number of ether oxygens (including phenoxy) is 1. The Morgan fingerprint density at radius 2 is 2.25 bits per heavy atom. The van der Waals surface area contributed by atoms with Gasteiger partial charge >= 0.3 is 0 Å². The fraction of sp³-hybridized carbons (Fsp3) is 0.533. The maximum Gasteiger partial charge on any atom is 0.0658 e. The van der Waals surface area contributed by atoms with E-state index in [9.17, 15) is 0 Å². The van der Waals surface area contributed by atoms with Crippen molar-refractivity contribution in [2.24, 2.45) is 0 Å². The molecular formula is C15H23N3OS. The molecule has 0 aliphatic carbocycles. The van der Waals surface area contributed by atoms with Gasteiger partial charge < -0.3 is 10.1 Å². The maximum absolute atomic E-state index is 5.12. The van der Waals surface area contributed by atoms with Gasteiger partial charge in [0.15, 0.2) is 0 Å². The zero-order valence-corrected chi connectivity index (χ0v) is 13.5. The summed E-state index contributed by atoms with van der Waals surface area (Å²) >= 11 is 1.74. The highest BCUT2D eigenvalue weighted by molar-refractivity contribution is 7.07. The Morgan fingerprint density at radius 3 is 2.90 bits per heavy atom. The Morgan fingerprint density at radius 1 is 1.45 bits per heavy atom. The zero-order valence-electron chi connectivity index (χ0n) is 12.6. The molecule has 0 aromatic carbocycles. The molecule has 2 aromatic rings. The molecule has 0 saturated carbocycles. The van der Waals surface area contributed by atoms with E-state index in [1.165, 1.54) is 16.8 Å². The van der Waals surface area contributed by atoms with Gasteiger partial charge in [0.05, 0.1) is 18.8 Å². The predicted molar refractivity (Wildman–Crippen MR) is 83.2 cm³/mol. The Kier molecular flexibility index (Phi) is 5.34. The lowest BCUT2D eigenvalue weighted by Crippen LogP contribution is -2.18. The van der Waals surface area contributed by atoms with Crippen LogP contribution in [0, 0.1) is 13.8 Å². The number of rotatable bonds is 7.